The maximum atomic E-state index is 11.4. The second kappa shape index (κ2) is 5.36. The summed E-state index contributed by atoms with van der Waals surface area (Å²) in [5.41, 5.74) is 0.937. The Kier molecular flexibility index (Phi) is 3.59. The van der Waals surface area contributed by atoms with E-state index in [1.807, 2.05) is 35.7 Å². The topological polar surface area (TPSA) is 37.3 Å². The molecule has 2 aromatic heterocycles. The second-order valence-electron chi connectivity index (χ2n) is 3.93. The number of carboxylic acids is 1. The van der Waals surface area contributed by atoms with Gasteiger partial charge in [0.25, 0.3) is 0 Å². The highest BCUT2D eigenvalue weighted by atomic mass is 32.2. The molecule has 1 aromatic carbocycles. The minimum Gasteiger partial charge on any atom is -0.477 e. The third-order valence-electron chi connectivity index (χ3n) is 2.75. The summed E-state index contributed by atoms with van der Waals surface area (Å²) in [6.07, 6.45) is 0. The summed E-state index contributed by atoms with van der Waals surface area (Å²) in [6.45, 7) is 0. The molecule has 0 bridgehead atoms. The number of rotatable bonds is 4. The van der Waals surface area contributed by atoms with Gasteiger partial charge in [0.2, 0.25) is 0 Å². The molecule has 0 saturated carbocycles. The molecule has 0 radical (unpaired) electrons. The Morgan fingerprint density at radius 2 is 2.05 bits per heavy atom. The third kappa shape index (κ3) is 2.54. The lowest BCUT2D eigenvalue weighted by Crippen LogP contribution is -1.96. The van der Waals surface area contributed by atoms with Crippen molar-refractivity contribution in [2.45, 2.75) is 9.96 Å². The molecule has 1 N–H and O–H groups in total. The Morgan fingerprint density at radius 1 is 1.21 bits per heavy atom. The first kappa shape index (κ1) is 12.7. The van der Waals surface area contributed by atoms with Gasteiger partial charge < -0.3 is 5.11 Å². The molecule has 0 atom stereocenters. The summed E-state index contributed by atoms with van der Waals surface area (Å²) in [5, 5.41) is 12.4. The van der Waals surface area contributed by atoms with Crippen LogP contribution in [0.1, 0.15) is 15.2 Å². The Labute approximate surface area is 122 Å². The number of carboxylic acid groups (broad SMARTS) is 1. The van der Waals surface area contributed by atoms with Gasteiger partial charge >= 0.3 is 5.97 Å². The van der Waals surface area contributed by atoms with Crippen LogP contribution >= 0.6 is 34.4 Å². The van der Waals surface area contributed by atoms with Crippen LogP contribution in [-0.2, 0) is 5.75 Å². The van der Waals surface area contributed by atoms with Crippen LogP contribution in [-0.4, -0.2) is 11.1 Å². The van der Waals surface area contributed by atoms with Crippen LogP contribution in [0.15, 0.2) is 46.0 Å². The van der Waals surface area contributed by atoms with Crippen molar-refractivity contribution in [3.05, 3.63) is 52.2 Å². The van der Waals surface area contributed by atoms with E-state index in [1.165, 1.54) is 15.5 Å². The van der Waals surface area contributed by atoms with Gasteiger partial charge in [0.15, 0.2) is 0 Å². The molecule has 0 fully saturated rings. The Hall–Kier alpha value is -1.30. The van der Waals surface area contributed by atoms with Gasteiger partial charge in [-0.3, -0.25) is 0 Å². The Bertz CT molecular complexity index is 713. The maximum absolute atomic E-state index is 11.4. The van der Waals surface area contributed by atoms with E-state index in [9.17, 15) is 9.90 Å². The predicted molar refractivity (Wildman–Crippen MR) is 82.7 cm³/mol. The monoisotopic (exact) mass is 306 g/mol. The number of fused-ring (bicyclic) bond motifs is 1. The second-order valence-corrected chi connectivity index (χ2v) is 7.21. The van der Waals surface area contributed by atoms with E-state index in [0.29, 0.717) is 10.6 Å². The normalized spacial score (nSPS) is 10.9. The molecule has 0 aliphatic carbocycles. The molecular weight excluding hydrogens is 296 g/mol. The smallest absolute Gasteiger partial charge is 0.346 e. The summed E-state index contributed by atoms with van der Waals surface area (Å²) in [6, 6.07) is 12.0. The quantitative estimate of drug-likeness (QED) is 0.693. The Morgan fingerprint density at radius 3 is 2.79 bits per heavy atom. The van der Waals surface area contributed by atoms with Crippen LogP contribution in [0.4, 0.5) is 0 Å². The van der Waals surface area contributed by atoms with Crippen LogP contribution in [0.25, 0.3) is 10.1 Å². The van der Waals surface area contributed by atoms with Gasteiger partial charge in [0.05, 0.1) is 4.21 Å². The average molecular weight is 306 g/mol. The minimum atomic E-state index is -0.831. The summed E-state index contributed by atoms with van der Waals surface area (Å²) < 4.78 is 2.26. The molecule has 2 nitrogen and oxygen atoms in total. The standard InChI is InChI=1S/C14H10O2S3/c15-14(16)13-10(8-18-12-6-3-7-17-12)9-4-1-2-5-11(9)19-13/h1-7H,8H2,(H,15,16). The number of thiophene rings is 2. The van der Waals surface area contributed by atoms with Gasteiger partial charge in [0.1, 0.15) is 4.88 Å². The van der Waals surface area contributed by atoms with Gasteiger partial charge in [0, 0.05) is 10.5 Å². The molecule has 2 heterocycles. The Balaban J connectivity index is 2.00. The number of carbonyl (C=O) groups is 1. The molecule has 0 unspecified atom stereocenters. The van der Waals surface area contributed by atoms with E-state index in [1.54, 1.807) is 23.1 Å². The number of thioether (sulfide) groups is 1. The summed E-state index contributed by atoms with van der Waals surface area (Å²) >= 11 is 4.74. The zero-order chi connectivity index (χ0) is 13.2. The fraction of sp³-hybridized carbons (Fsp3) is 0.0714. The van der Waals surface area contributed by atoms with Crippen molar-refractivity contribution < 1.29 is 9.90 Å². The molecule has 0 spiro atoms. The van der Waals surface area contributed by atoms with Crippen molar-refractivity contribution in [3.8, 4) is 0 Å². The molecular formula is C14H10O2S3. The summed E-state index contributed by atoms with van der Waals surface area (Å²) in [7, 11) is 0. The molecule has 0 aliphatic heterocycles. The predicted octanol–water partition coefficient (Wildman–Crippen LogP) is 4.95. The van der Waals surface area contributed by atoms with E-state index in [2.05, 4.69) is 6.07 Å². The number of hydrogen-bond acceptors (Lipinski definition) is 4. The van der Waals surface area contributed by atoms with Gasteiger partial charge in [-0.05, 0) is 28.5 Å². The minimum absolute atomic E-state index is 0.463. The fourth-order valence-corrected chi connectivity index (χ4v) is 4.88. The lowest BCUT2D eigenvalue weighted by Gasteiger charge is -2.00. The number of benzene rings is 1. The third-order valence-corrected chi connectivity index (χ3v) is 6.10. The van der Waals surface area contributed by atoms with E-state index < -0.39 is 5.97 Å². The van der Waals surface area contributed by atoms with Crippen LogP contribution in [0.2, 0.25) is 0 Å². The maximum Gasteiger partial charge on any atom is 0.346 e. The van der Waals surface area contributed by atoms with Crippen LogP contribution < -0.4 is 0 Å². The first-order valence-corrected chi connectivity index (χ1v) is 8.34. The largest absolute Gasteiger partial charge is 0.477 e. The van der Waals surface area contributed by atoms with Crippen molar-refractivity contribution in [2.24, 2.45) is 0 Å². The van der Waals surface area contributed by atoms with E-state index in [4.69, 9.17) is 0 Å². The SMILES string of the molecule is O=C(O)c1sc2ccccc2c1CSc1cccs1. The van der Waals surface area contributed by atoms with Crippen LogP contribution in [0.5, 0.6) is 0 Å². The number of aromatic carboxylic acids is 1. The zero-order valence-electron chi connectivity index (χ0n) is 9.83. The highest BCUT2D eigenvalue weighted by Gasteiger charge is 2.17. The van der Waals surface area contributed by atoms with Gasteiger partial charge in [-0.2, -0.15) is 0 Å². The molecule has 3 aromatic rings. The van der Waals surface area contributed by atoms with E-state index in [0.717, 1.165) is 15.6 Å². The van der Waals surface area contributed by atoms with Crippen LogP contribution in [0, 0.1) is 0 Å². The van der Waals surface area contributed by atoms with Gasteiger partial charge in [-0.15, -0.1) is 34.4 Å². The van der Waals surface area contributed by atoms with Gasteiger partial charge in [-0.25, -0.2) is 4.79 Å². The van der Waals surface area contributed by atoms with E-state index in [-0.39, 0.29) is 0 Å². The summed E-state index contributed by atoms with van der Waals surface area (Å²) in [4.78, 5) is 11.8. The van der Waals surface area contributed by atoms with Crippen molar-refractivity contribution in [1.82, 2.24) is 0 Å². The lowest BCUT2D eigenvalue weighted by atomic mass is 10.1. The molecule has 0 aliphatic rings. The average Bonchev–Trinajstić information content (AvgIpc) is 3.03. The zero-order valence-corrected chi connectivity index (χ0v) is 12.3. The molecule has 3 rings (SSSR count). The van der Waals surface area contributed by atoms with Crippen molar-refractivity contribution in [3.63, 3.8) is 0 Å². The van der Waals surface area contributed by atoms with Crippen molar-refractivity contribution in [1.29, 1.82) is 0 Å². The van der Waals surface area contributed by atoms with Crippen molar-refractivity contribution >= 4 is 50.5 Å². The fourth-order valence-electron chi connectivity index (χ4n) is 1.90. The molecule has 96 valence electrons. The van der Waals surface area contributed by atoms with E-state index >= 15 is 0 Å². The van der Waals surface area contributed by atoms with Gasteiger partial charge in [-0.1, -0.05) is 24.3 Å². The summed E-state index contributed by atoms with van der Waals surface area (Å²) in [5.74, 6) is -0.130. The molecule has 5 heteroatoms. The molecule has 0 amide bonds. The number of hydrogen-bond donors (Lipinski definition) is 1. The lowest BCUT2D eigenvalue weighted by molar-refractivity contribution is 0.0701. The highest BCUT2D eigenvalue weighted by molar-refractivity contribution is 8.00. The molecule has 0 saturated heterocycles. The molecule has 19 heavy (non-hydrogen) atoms. The first-order valence-electron chi connectivity index (χ1n) is 5.65. The van der Waals surface area contributed by atoms with Crippen molar-refractivity contribution in [2.75, 3.05) is 0 Å². The highest BCUT2D eigenvalue weighted by Crippen LogP contribution is 2.36. The first-order chi connectivity index (χ1) is 9.25. The van der Waals surface area contributed by atoms with Crippen LogP contribution in [0.3, 0.4) is 0 Å².